The Morgan fingerprint density at radius 1 is 1.35 bits per heavy atom. The second-order valence-electron chi connectivity index (χ2n) is 3.91. The van der Waals surface area contributed by atoms with Crippen molar-refractivity contribution in [2.75, 3.05) is 19.5 Å². The Kier molecular flexibility index (Phi) is 7.19. The average Bonchev–Trinajstić information content (AvgIpc) is 2.35. The van der Waals surface area contributed by atoms with Crippen molar-refractivity contribution in [1.82, 2.24) is 0 Å². The highest BCUT2D eigenvalue weighted by Crippen LogP contribution is 2.33. The molecule has 2 nitrogen and oxygen atoms in total. The largest absolute Gasteiger partial charge is 0.384 e. The molecule has 0 saturated carbocycles. The molecule has 1 rings (SSSR count). The van der Waals surface area contributed by atoms with Crippen molar-refractivity contribution in [2.45, 2.75) is 24.6 Å². The number of methoxy groups -OCH3 is 1. The summed E-state index contributed by atoms with van der Waals surface area (Å²) in [6.07, 6.45) is 0.987. The molecule has 0 aliphatic heterocycles. The molecule has 17 heavy (non-hydrogen) atoms. The standard InChI is InChI=1S/C13H20BrNOS/c1-3-12(15)13(17-9-8-16-2)10-4-6-11(14)7-5-10/h4-7,12-13H,3,8-9,15H2,1-2H3. The van der Waals surface area contributed by atoms with Crippen LogP contribution in [0, 0.1) is 0 Å². The molecule has 1 aromatic carbocycles. The van der Waals surface area contributed by atoms with Crippen LogP contribution in [0.2, 0.25) is 0 Å². The number of ether oxygens (including phenoxy) is 1. The van der Waals surface area contributed by atoms with Crippen molar-refractivity contribution in [1.29, 1.82) is 0 Å². The van der Waals surface area contributed by atoms with E-state index in [2.05, 4.69) is 47.1 Å². The van der Waals surface area contributed by atoms with Gasteiger partial charge >= 0.3 is 0 Å². The molecule has 0 aromatic heterocycles. The molecule has 0 aliphatic carbocycles. The van der Waals surface area contributed by atoms with Gasteiger partial charge in [0.25, 0.3) is 0 Å². The van der Waals surface area contributed by atoms with Gasteiger partial charge in [-0.3, -0.25) is 0 Å². The maximum atomic E-state index is 6.20. The lowest BCUT2D eigenvalue weighted by Crippen LogP contribution is -2.26. The van der Waals surface area contributed by atoms with Crippen LogP contribution in [0.25, 0.3) is 0 Å². The summed E-state index contributed by atoms with van der Waals surface area (Å²) in [5.41, 5.74) is 7.49. The number of benzene rings is 1. The fourth-order valence-corrected chi connectivity index (χ4v) is 3.16. The maximum Gasteiger partial charge on any atom is 0.0553 e. The molecule has 2 atom stereocenters. The average molecular weight is 318 g/mol. The SMILES string of the molecule is CCC(N)C(SCCOC)c1ccc(Br)cc1. The highest BCUT2D eigenvalue weighted by atomic mass is 79.9. The first kappa shape index (κ1) is 15.0. The zero-order valence-corrected chi connectivity index (χ0v) is 12.8. The van der Waals surface area contributed by atoms with Gasteiger partial charge in [-0.2, -0.15) is 0 Å². The number of nitrogens with two attached hydrogens (primary N) is 1. The minimum absolute atomic E-state index is 0.193. The summed E-state index contributed by atoms with van der Waals surface area (Å²) in [6, 6.07) is 8.62. The Bertz CT molecular complexity index is 318. The van der Waals surface area contributed by atoms with Crippen molar-refractivity contribution in [2.24, 2.45) is 5.73 Å². The Hall–Kier alpha value is -0.0300. The second kappa shape index (κ2) is 8.14. The first-order valence-electron chi connectivity index (χ1n) is 5.80. The predicted octanol–water partition coefficient (Wildman–Crippen LogP) is 3.61. The summed E-state index contributed by atoms with van der Waals surface area (Å²) < 4.78 is 6.20. The normalized spacial score (nSPS) is 14.6. The number of halogens is 1. The Morgan fingerprint density at radius 3 is 2.53 bits per heavy atom. The maximum absolute atomic E-state index is 6.20. The van der Waals surface area contributed by atoms with E-state index in [4.69, 9.17) is 10.5 Å². The smallest absolute Gasteiger partial charge is 0.0553 e. The third-order valence-electron chi connectivity index (χ3n) is 2.64. The molecule has 96 valence electrons. The van der Waals surface area contributed by atoms with Gasteiger partial charge in [-0.05, 0) is 24.1 Å². The number of thioether (sulfide) groups is 1. The first-order chi connectivity index (χ1) is 8.19. The molecular weight excluding hydrogens is 298 g/mol. The van der Waals surface area contributed by atoms with E-state index < -0.39 is 0 Å². The van der Waals surface area contributed by atoms with Crippen LogP contribution in [0.3, 0.4) is 0 Å². The zero-order chi connectivity index (χ0) is 12.7. The molecule has 0 aliphatic rings. The Balaban J connectivity index is 2.71. The van der Waals surface area contributed by atoms with Gasteiger partial charge in [0, 0.05) is 28.6 Å². The van der Waals surface area contributed by atoms with Crippen molar-refractivity contribution in [3.63, 3.8) is 0 Å². The molecule has 0 spiro atoms. The monoisotopic (exact) mass is 317 g/mol. The van der Waals surface area contributed by atoms with E-state index in [1.54, 1.807) is 7.11 Å². The van der Waals surface area contributed by atoms with Crippen LogP contribution < -0.4 is 5.73 Å². The first-order valence-corrected chi connectivity index (χ1v) is 7.64. The highest BCUT2D eigenvalue weighted by Gasteiger charge is 2.18. The number of hydrogen-bond donors (Lipinski definition) is 1. The number of hydrogen-bond acceptors (Lipinski definition) is 3. The third kappa shape index (κ3) is 5.00. The van der Waals surface area contributed by atoms with Crippen LogP contribution in [-0.2, 0) is 4.74 Å². The zero-order valence-electron chi connectivity index (χ0n) is 10.4. The molecule has 0 bridgehead atoms. The fourth-order valence-electron chi connectivity index (χ4n) is 1.59. The van der Waals surface area contributed by atoms with Gasteiger partial charge in [-0.25, -0.2) is 0 Å². The van der Waals surface area contributed by atoms with Gasteiger partial charge < -0.3 is 10.5 Å². The van der Waals surface area contributed by atoms with Crippen LogP contribution in [0.1, 0.15) is 24.2 Å². The topological polar surface area (TPSA) is 35.2 Å². The lowest BCUT2D eigenvalue weighted by molar-refractivity contribution is 0.218. The summed E-state index contributed by atoms with van der Waals surface area (Å²) in [5, 5.41) is 0.350. The predicted molar refractivity (Wildman–Crippen MR) is 79.5 cm³/mol. The van der Waals surface area contributed by atoms with Gasteiger partial charge in [0.1, 0.15) is 0 Å². The molecular formula is C13H20BrNOS. The molecule has 4 heteroatoms. The molecule has 0 radical (unpaired) electrons. The van der Waals surface area contributed by atoms with E-state index >= 15 is 0 Å². The van der Waals surface area contributed by atoms with Gasteiger partial charge in [0.2, 0.25) is 0 Å². The molecule has 0 saturated heterocycles. The van der Waals surface area contributed by atoms with E-state index in [9.17, 15) is 0 Å². The van der Waals surface area contributed by atoms with E-state index in [1.165, 1.54) is 5.56 Å². The molecule has 0 heterocycles. The van der Waals surface area contributed by atoms with Gasteiger partial charge in [0.05, 0.1) is 6.61 Å². The number of rotatable bonds is 7. The second-order valence-corrected chi connectivity index (χ2v) is 6.07. The van der Waals surface area contributed by atoms with Gasteiger partial charge in [-0.15, -0.1) is 11.8 Å². The van der Waals surface area contributed by atoms with Crippen molar-refractivity contribution in [3.05, 3.63) is 34.3 Å². The van der Waals surface area contributed by atoms with Crippen LogP contribution in [0.4, 0.5) is 0 Å². The van der Waals surface area contributed by atoms with Crippen molar-refractivity contribution < 1.29 is 4.74 Å². The molecule has 0 fully saturated rings. The summed E-state index contributed by atoms with van der Waals surface area (Å²) in [6.45, 7) is 2.90. The quantitative estimate of drug-likeness (QED) is 0.780. The molecule has 2 N–H and O–H groups in total. The minimum atomic E-state index is 0.193. The van der Waals surface area contributed by atoms with E-state index in [0.29, 0.717) is 5.25 Å². The van der Waals surface area contributed by atoms with E-state index in [1.807, 2.05) is 11.8 Å². The lowest BCUT2D eigenvalue weighted by atomic mass is 10.0. The molecule has 2 unspecified atom stereocenters. The van der Waals surface area contributed by atoms with Crippen molar-refractivity contribution in [3.8, 4) is 0 Å². The summed E-state index contributed by atoms with van der Waals surface area (Å²) >= 11 is 5.33. The van der Waals surface area contributed by atoms with Crippen molar-refractivity contribution >= 4 is 27.7 Å². The van der Waals surface area contributed by atoms with Crippen LogP contribution >= 0.6 is 27.7 Å². The van der Waals surface area contributed by atoms with Crippen LogP contribution in [0.5, 0.6) is 0 Å². The fraction of sp³-hybridized carbons (Fsp3) is 0.538. The van der Waals surface area contributed by atoms with Gasteiger partial charge in [0.15, 0.2) is 0 Å². The summed E-state index contributed by atoms with van der Waals surface area (Å²) in [5.74, 6) is 0.977. The Morgan fingerprint density at radius 2 is 2.00 bits per heavy atom. The lowest BCUT2D eigenvalue weighted by Gasteiger charge is -2.23. The van der Waals surface area contributed by atoms with E-state index in [0.717, 1.165) is 23.3 Å². The van der Waals surface area contributed by atoms with Crippen LogP contribution in [0.15, 0.2) is 28.7 Å². The molecule has 1 aromatic rings. The summed E-state index contributed by atoms with van der Waals surface area (Å²) in [7, 11) is 1.73. The van der Waals surface area contributed by atoms with E-state index in [-0.39, 0.29) is 6.04 Å². The van der Waals surface area contributed by atoms with Gasteiger partial charge in [-0.1, -0.05) is 35.0 Å². The molecule has 0 amide bonds. The summed E-state index contributed by atoms with van der Waals surface area (Å²) in [4.78, 5) is 0. The highest BCUT2D eigenvalue weighted by molar-refractivity contribution is 9.10. The minimum Gasteiger partial charge on any atom is -0.384 e. The van der Waals surface area contributed by atoms with Crippen LogP contribution in [-0.4, -0.2) is 25.5 Å². The third-order valence-corrected chi connectivity index (χ3v) is 4.56. The Labute approximate surface area is 116 Å².